The minimum absolute atomic E-state index is 0.141. The van der Waals surface area contributed by atoms with Crippen LogP contribution in [-0.4, -0.2) is 40.9 Å². The number of thioether (sulfide) groups is 1. The number of hydrogen-bond donors (Lipinski definition) is 2. The number of anilines is 2. The second-order valence-corrected chi connectivity index (χ2v) is 6.56. The second kappa shape index (κ2) is 6.45. The Morgan fingerprint density at radius 3 is 3.05 bits per heavy atom. The van der Waals surface area contributed by atoms with Crippen LogP contribution < -0.4 is 11.1 Å². The zero-order chi connectivity index (χ0) is 14.7. The van der Waals surface area contributed by atoms with Crippen molar-refractivity contribution in [3.63, 3.8) is 0 Å². The normalized spacial score (nSPS) is 23.6. The monoisotopic (exact) mass is 297 g/mol. The average Bonchev–Trinajstić information content (AvgIpc) is 2.39. The van der Waals surface area contributed by atoms with E-state index in [0.29, 0.717) is 17.0 Å². The van der Waals surface area contributed by atoms with Crippen LogP contribution in [0.3, 0.4) is 0 Å². The van der Waals surface area contributed by atoms with Gasteiger partial charge < -0.3 is 11.1 Å². The third kappa shape index (κ3) is 3.64. The molecule has 2 unspecified atom stereocenters. The molecule has 1 fully saturated rings. The van der Waals surface area contributed by atoms with E-state index in [9.17, 15) is 9.18 Å². The van der Waals surface area contributed by atoms with E-state index in [0.717, 1.165) is 12.3 Å². The van der Waals surface area contributed by atoms with Gasteiger partial charge in [0.25, 0.3) is 0 Å². The largest absolute Gasteiger partial charge is 0.399 e. The fourth-order valence-electron chi connectivity index (χ4n) is 2.23. The molecule has 110 valence electrons. The number of nitrogen functional groups attached to an aromatic ring is 1. The molecule has 1 saturated heterocycles. The molecule has 2 rings (SSSR count). The molecule has 6 heteroatoms. The van der Waals surface area contributed by atoms with Crippen LogP contribution in [0.1, 0.15) is 13.8 Å². The van der Waals surface area contributed by atoms with Crippen molar-refractivity contribution in [1.82, 2.24) is 4.90 Å². The van der Waals surface area contributed by atoms with E-state index in [4.69, 9.17) is 5.73 Å². The van der Waals surface area contributed by atoms with Gasteiger partial charge in [-0.25, -0.2) is 4.39 Å². The predicted octanol–water partition coefficient (Wildman–Crippen LogP) is 2.17. The summed E-state index contributed by atoms with van der Waals surface area (Å²) in [6.07, 6.45) is 0. The topological polar surface area (TPSA) is 58.4 Å². The summed E-state index contributed by atoms with van der Waals surface area (Å²) >= 11 is 1.92. The van der Waals surface area contributed by atoms with E-state index in [-0.39, 0.29) is 18.1 Å². The number of halogens is 1. The summed E-state index contributed by atoms with van der Waals surface area (Å²) in [6.45, 7) is 5.44. The number of carbonyl (C=O) groups excluding carboxylic acids is 1. The Bertz CT molecular complexity index is 497. The Morgan fingerprint density at radius 1 is 1.55 bits per heavy atom. The van der Waals surface area contributed by atoms with Gasteiger partial charge >= 0.3 is 0 Å². The van der Waals surface area contributed by atoms with Crippen molar-refractivity contribution in [3.8, 4) is 0 Å². The van der Waals surface area contributed by atoms with Gasteiger partial charge in [0, 0.05) is 29.3 Å². The lowest BCUT2D eigenvalue weighted by molar-refractivity contribution is -0.117. The number of nitrogens with one attached hydrogen (secondary N) is 1. The molecule has 3 N–H and O–H groups in total. The zero-order valence-corrected chi connectivity index (χ0v) is 12.5. The quantitative estimate of drug-likeness (QED) is 0.840. The van der Waals surface area contributed by atoms with Crippen molar-refractivity contribution in [1.29, 1.82) is 0 Å². The van der Waals surface area contributed by atoms with Gasteiger partial charge in [-0.05, 0) is 25.1 Å². The van der Waals surface area contributed by atoms with Crippen molar-refractivity contribution in [2.45, 2.75) is 25.1 Å². The first kappa shape index (κ1) is 15.1. The Labute approximate surface area is 122 Å². The maximum absolute atomic E-state index is 13.6. The molecular weight excluding hydrogens is 277 g/mol. The van der Waals surface area contributed by atoms with Crippen LogP contribution in [0.2, 0.25) is 0 Å². The van der Waals surface area contributed by atoms with Crippen LogP contribution in [0.5, 0.6) is 0 Å². The van der Waals surface area contributed by atoms with Crippen LogP contribution in [0.15, 0.2) is 18.2 Å². The van der Waals surface area contributed by atoms with Gasteiger partial charge in [0.15, 0.2) is 0 Å². The molecule has 20 heavy (non-hydrogen) atoms. The first-order valence-corrected chi connectivity index (χ1v) is 7.73. The number of amides is 1. The maximum atomic E-state index is 13.6. The molecule has 0 radical (unpaired) electrons. The summed E-state index contributed by atoms with van der Waals surface area (Å²) in [7, 11) is 0. The lowest BCUT2D eigenvalue weighted by Gasteiger charge is -2.36. The minimum Gasteiger partial charge on any atom is -0.399 e. The van der Waals surface area contributed by atoms with E-state index >= 15 is 0 Å². The summed E-state index contributed by atoms with van der Waals surface area (Å²) in [5.74, 6) is 0.342. The molecule has 1 heterocycles. The molecule has 1 aliphatic heterocycles. The number of nitrogens with zero attached hydrogens (tertiary/aromatic N) is 1. The second-order valence-electron chi connectivity index (χ2n) is 5.07. The van der Waals surface area contributed by atoms with Crippen molar-refractivity contribution in [2.75, 3.05) is 29.9 Å². The van der Waals surface area contributed by atoms with E-state index in [1.54, 1.807) is 0 Å². The van der Waals surface area contributed by atoms with Gasteiger partial charge in [-0.1, -0.05) is 6.92 Å². The zero-order valence-electron chi connectivity index (χ0n) is 11.7. The SMILES string of the molecule is CC1SCCN(CC(=O)Nc2cc(N)ccc2F)C1C. The van der Waals surface area contributed by atoms with Gasteiger partial charge in [-0.15, -0.1) is 0 Å². The van der Waals surface area contributed by atoms with Crippen LogP contribution in [0.25, 0.3) is 0 Å². The molecule has 1 aromatic carbocycles. The molecule has 1 aliphatic rings. The number of hydrogen-bond acceptors (Lipinski definition) is 4. The van der Waals surface area contributed by atoms with Crippen LogP contribution in [0.4, 0.5) is 15.8 Å². The van der Waals surface area contributed by atoms with Gasteiger partial charge in [0.1, 0.15) is 5.82 Å². The van der Waals surface area contributed by atoms with Crippen LogP contribution in [0, 0.1) is 5.82 Å². The molecule has 0 aliphatic carbocycles. The molecule has 0 spiro atoms. The van der Waals surface area contributed by atoms with E-state index in [1.807, 2.05) is 11.8 Å². The summed E-state index contributed by atoms with van der Waals surface area (Å²) in [6, 6.07) is 4.50. The molecule has 1 amide bonds. The highest BCUT2D eigenvalue weighted by atomic mass is 32.2. The highest BCUT2D eigenvalue weighted by Crippen LogP contribution is 2.24. The fraction of sp³-hybridized carbons (Fsp3) is 0.500. The van der Waals surface area contributed by atoms with Gasteiger partial charge in [-0.2, -0.15) is 11.8 Å². The highest BCUT2D eigenvalue weighted by Gasteiger charge is 2.26. The molecular formula is C14H20FN3OS. The van der Waals surface area contributed by atoms with Gasteiger partial charge in [0.2, 0.25) is 5.91 Å². The third-order valence-electron chi connectivity index (χ3n) is 3.63. The summed E-state index contributed by atoms with van der Waals surface area (Å²) < 4.78 is 13.6. The van der Waals surface area contributed by atoms with E-state index in [2.05, 4.69) is 24.1 Å². The van der Waals surface area contributed by atoms with Gasteiger partial charge in [-0.3, -0.25) is 9.69 Å². The Morgan fingerprint density at radius 2 is 2.30 bits per heavy atom. The molecule has 2 atom stereocenters. The predicted molar refractivity (Wildman–Crippen MR) is 82.4 cm³/mol. The lowest BCUT2D eigenvalue weighted by Crippen LogP contribution is -2.47. The van der Waals surface area contributed by atoms with E-state index < -0.39 is 5.82 Å². The molecule has 0 aromatic heterocycles. The molecule has 1 aromatic rings. The minimum atomic E-state index is -0.469. The Hall–Kier alpha value is -1.27. The molecule has 4 nitrogen and oxygen atoms in total. The van der Waals surface area contributed by atoms with Crippen LogP contribution in [-0.2, 0) is 4.79 Å². The summed E-state index contributed by atoms with van der Waals surface area (Å²) in [4.78, 5) is 14.2. The summed E-state index contributed by atoms with van der Waals surface area (Å²) in [5, 5.41) is 3.09. The van der Waals surface area contributed by atoms with Crippen molar-refractivity contribution in [3.05, 3.63) is 24.0 Å². The van der Waals surface area contributed by atoms with Crippen molar-refractivity contribution < 1.29 is 9.18 Å². The lowest BCUT2D eigenvalue weighted by atomic mass is 10.2. The van der Waals surface area contributed by atoms with Gasteiger partial charge in [0.05, 0.1) is 12.2 Å². The third-order valence-corrected chi connectivity index (χ3v) is 4.96. The molecule has 0 bridgehead atoms. The number of benzene rings is 1. The number of rotatable bonds is 3. The fourth-order valence-corrected chi connectivity index (χ4v) is 3.39. The first-order valence-electron chi connectivity index (χ1n) is 6.68. The van der Waals surface area contributed by atoms with Crippen LogP contribution >= 0.6 is 11.8 Å². The Balaban J connectivity index is 1.97. The standard InChI is InChI=1S/C14H20FN3OS/c1-9-10(2)20-6-5-18(9)8-14(19)17-13-7-11(16)3-4-12(13)15/h3-4,7,9-10H,5-6,8,16H2,1-2H3,(H,17,19). The first-order chi connectivity index (χ1) is 9.47. The van der Waals surface area contributed by atoms with Crippen molar-refractivity contribution >= 4 is 29.0 Å². The maximum Gasteiger partial charge on any atom is 0.238 e. The number of nitrogens with two attached hydrogens (primary N) is 1. The summed E-state index contributed by atoms with van der Waals surface area (Å²) in [5.41, 5.74) is 6.17. The smallest absolute Gasteiger partial charge is 0.238 e. The van der Waals surface area contributed by atoms with Crippen molar-refractivity contribution in [2.24, 2.45) is 0 Å². The Kier molecular flexibility index (Phi) is 4.88. The van der Waals surface area contributed by atoms with E-state index in [1.165, 1.54) is 18.2 Å². The number of carbonyl (C=O) groups is 1. The highest BCUT2D eigenvalue weighted by molar-refractivity contribution is 8.00. The average molecular weight is 297 g/mol. The molecule has 0 saturated carbocycles.